The molecule has 1 atom stereocenters. The van der Waals surface area contributed by atoms with Gasteiger partial charge in [-0.2, -0.15) is 0 Å². The van der Waals surface area contributed by atoms with Crippen molar-refractivity contribution in [1.82, 2.24) is 10.2 Å². The van der Waals surface area contributed by atoms with Gasteiger partial charge in [0.25, 0.3) is 10.0 Å². The molecule has 0 aliphatic heterocycles. The molecule has 46 heavy (non-hydrogen) atoms. The normalized spacial score (nSPS) is 12.1. The number of aryl methyl sites for hydroxylation is 1. The molecular weight excluding hydrogens is 648 g/mol. The van der Waals surface area contributed by atoms with Crippen LogP contribution >= 0.6 is 23.2 Å². The van der Waals surface area contributed by atoms with Crippen molar-refractivity contribution in [3.05, 3.63) is 130 Å². The minimum absolute atomic E-state index is 0.0393. The van der Waals surface area contributed by atoms with Crippen LogP contribution in [-0.4, -0.2) is 44.3 Å². The Morgan fingerprint density at radius 2 is 1.46 bits per heavy atom. The number of halogens is 3. The van der Waals surface area contributed by atoms with Crippen LogP contribution in [0.1, 0.15) is 30.5 Å². The SMILES string of the molecule is Cc1ccc(S(=O)(=O)N(CC(=O)N(Cc2ccc(F)cc2)[C@@H](Cc2ccccc2)C(=O)NCC(C)C)c2cc(Cl)cc(Cl)c2)cc1. The third-order valence-electron chi connectivity index (χ3n) is 7.24. The fraction of sp³-hybridized carbons (Fsp3) is 0.257. The number of anilines is 1. The van der Waals surface area contributed by atoms with E-state index in [2.05, 4.69) is 5.32 Å². The Morgan fingerprint density at radius 1 is 0.848 bits per heavy atom. The van der Waals surface area contributed by atoms with Crippen LogP contribution in [0.25, 0.3) is 0 Å². The van der Waals surface area contributed by atoms with Gasteiger partial charge in [0.2, 0.25) is 11.8 Å². The summed E-state index contributed by atoms with van der Waals surface area (Å²) < 4.78 is 43.1. The van der Waals surface area contributed by atoms with Gasteiger partial charge in [-0.25, -0.2) is 12.8 Å². The number of hydrogen-bond acceptors (Lipinski definition) is 4. The highest BCUT2D eigenvalue weighted by atomic mass is 35.5. The molecule has 0 saturated heterocycles. The zero-order valence-electron chi connectivity index (χ0n) is 25.8. The van der Waals surface area contributed by atoms with Crippen molar-refractivity contribution >= 4 is 50.7 Å². The van der Waals surface area contributed by atoms with E-state index < -0.39 is 40.2 Å². The third kappa shape index (κ3) is 9.31. The van der Waals surface area contributed by atoms with Gasteiger partial charge in [0, 0.05) is 29.6 Å². The molecule has 4 aromatic rings. The van der Waals surface area contributed by atoms with Crippen LogP contribution in [0.4, 0.5) is 10.1 Å². The smallest absolute Gasteiger partial charge is 0.264 e. The quantitative estimate of drug-likeness (QED) is 0.164. The lowest BCUT2D eigenvalue weighted by atomic mass is 10.0. The van der Waals surface area contributed by atoms with E-state index in [1.807, 2.05) is 51.1 Å². The van der Waals surface area contributed by atoms with Crippen LogP contribution < -0.4 is 9.62 Å². The van der Waals surface area contributed by atoms with Crippen LogP contribution in [0, 0.1) is 18.7 Å². The van der Waals surface area contributed by atoms with E-state index in [1.165, 1.54) is 59.5 Å². The predicted molar refractivity (Wildman–Crippen MR) is 181 cm³/mol. The lowest BCUT2D eigenvalue weighted by Crippen LogP contribution is -2.53. The topological polar surface area (TPSA) is 86.8 Å². The lowest BCUT2D eigenvalue weighted by molar-refractivity contribution is -0.140. The number of rotatable bonds is 13. The molecule has 0 aromatic heterocycles. The molecule has 0 unspecified atom stereocenters. The van der Waals surface area contributed by atoms with Crippen LogP contribution in [0.3, 0.4) is 0 Å². The van der Waals surface area contributed by atoms with Crippen molar-refractivity contribution in [1.29, 1.82) is 0 Å². The minimum Gasteiger partial charge on any atom is -0.354 e. The van der Waals surface area contributed by atoms with Crippen LogP contribution in [0.15, 0.2) is 102 Å². The lowest BCUT2D eigenvalue weighted by Gasteiger charge is -2.34. The first-order valence-corrected chi connectivity index (χ1v) is 16.9. The summed E-state index contributed by atoms with van der Waals surface area (Å²) in [5.41, 5.74) is 2.30. The van der Waals surface area contributed by atoms with Crippen LogP contribution in [-0.2, 0) is 32.6 Å². The average Bonchev–Trinajstić information content (AvgIpc) is 3.01. The van der Waals surface area contributed by atoms with Crippen molar-refractivity contribution in [2.75, 3.05) is 17.4 Å². The second-order valence-corrected chi connectivity index (χ2v) is 14.2. The average molecular weight is 685 g/mol. The number of benzene rings is 4. The van der Waals surface area contributed by atoms with Gasteiger partial charge in [-0.1, -0.05) is 97.2 Å². The van der Waals surface area contributed by atoms with E-state index in [0.717, 1.165) is 15.4 Å². The van der Waals surface area contributed by atoms with Gasteiger partial charge >= 0.3 is 0 Å². The number of amides is 2. The fourth-order valence-electron chi connectivity index (χ4n) is 4.81. The Labute approximate surface area is 280 Å². The van der Waals surface area contributed by atoms with Crippen molar-refractivity contribution in [3.63, 3.8) is 0 Å². The first kappa shape index (κ1) is 34.9. The minimum atomic E-state index is -4.32. The summed E-state index contributed by atoms with van der Waals surface area (Å²) in [5.74, 6) is -1.36. The Kier molecular flexibility index (Phi) is 11.8. The summed E-state index contributed by atoms with van der Waals surface area (Å²) in [5, 5.41) is 3.29. The van der Waals surface area contributed by atoms with Gasteiger partial charge < -0.3 is 10.2 Å². The van der Waals surface area contributed by atoms with Gasteiger partial charge in [-0.05, 0) is 66.4 Å². The number of nitrogens with zero attached hydrogens (tertiary/aromatic N) is 2. The van der Waals surface area contributed by atoms with Crippen LogP contribution in [0.5, 0.6) is 0 Å². The summed E-state index contributed by atoms with van der Waals surface area (Å²) in [6.45, 7) is 5.36. The van der Waals surface area contributed by atoms with Crippen LogP contribution in [0.2, 0.25) is 10.0 Å². The molecule has 0 bridgehead atoms. The van der Waals surface area contributed by atoms with E-state index in [9.17, 15) is 22.4 Å². The summed E-state index contributed by atoms with van der Waals surface area (Å²) >= 11 is 12.6. The summed E-state index contributed by atoms with van der Waals surface area (Å²) in [7, 11) is -4.32. The molecule has 1 N–H and O–H groups in total. The second kappa shape index (κ2) is 15.6. The highest BCUT2D eigenvalue weighted by Gasteiger charge is 2.35. The highest BCUT2D eigenvalue weighted by Crippen LogP contribution is 2.30. The van der Waals surface area contributed by atoms with Gasteiger partial charge in [-0.15, -0.1) is 0 Å². The van der Waals surface area contributed by atoms with E-state index in [4.69, 9.17) is 23.2 Å². The maximum atomic E-state index is 14.5. The number of hydrogen-bond donors (Lipinski definition) is 1. The highest BCUT2D eigenvalue weighted by molar-refractivity contribution is 7.92. The molecule has 0 saturated carbocycles. The molecule has 7 nitrogen and oxygen atoms in total. The summed E-state index contributed by atoms with van der Waals surface area (Å²) in [6.07, 6.45) is 0.158. The molecule has 11 heteroatoms. The number of carbonyl (C=O) groups is 2. The number of nitrogens with one attached hydrogen (secondary N) is 1. The van der Waals surface area contributed by atoms with Crippen molar-refractivity contribution in [2.24, 2.45) is 5.92 Å². The standard InChI is InChI=1S/C35H36Cl2FN3O4S/c1-24(2)21-39-35(43)33(17-26-7-5-4-6-8-26)40(22-27-11-13-30(38)14-12-27)34(42)23-41(31-19-28(36)18-29(37)20-31)46(44,45)32-15-9-25(3)10-16-32/h4-16,18-20,24,33H,17,21-23H2,1-3H3,(H,39,43)/t33-/m0/s1. The Morgan fingerprint density at radius 3 is 2.04 bits per heavy atom. The van der Waals surface area contributed by atoms with Crippen molar-refractivity contribution in [3.8, 4) is 0 Å². The summed E-state index contributed by atoms with van der Waals surface area (Å²) in [4.78, 5) is 29.6. The predicted octanol–water partition coefficient (Wildman–Crippen LogP) is 7.05. The van der Waals surface area contributed by atoms with E-state index in [1.54, 1.807) is 12.1 Å². The van der Waals surface area contributed by atoms with Crippen molar-refractivity contribution in [2.45, 2.75) is 44.7 Å². The van der Waals surface area contributed by atoms with Gasteiger partial charge in [0.1, 0.15) is 18.4 Å². The zero-order valence-corrected chi connectivity index (χ0v) is 28.1. The molecule has 242 valence electrons. The Bertz CT molecular complexity index is 1730. The number of carbonyl (C=O) groups excluding carboxylic acids is 2. The molecule has 0 aliphatic rings. The molecular formula is C35H36Cl2FN3O4S. The van der Waals surface area contributed by atoms with E-state index in [0.29, 0.717) is 12.1 Å². The van der Waals surface area contributed by atoms with Crippen molar-refractivity contribution < 1.29 is 22.4 Å². The molecule has 0 radical (unpaired) electrons. The fourth-order valence-corrected chi connectivity index (χ4v) is 6.72. The van der Waals surface area contributed by atoms with Gasteiger partial charge in [0.05, 0.1) is 10.6 Å². The van der Waals surface area contributed by atoms with Gasteiger partial charge in [-0.3, -0.25) is 13.9 Å². The largest absolute Gasteiger partial charge is 0.354 e. The molecule has 0 heterocycles. The molecule has 0 aliphatic carbocycles. The first-order chi connectivity index (χ1) is 21.8. The maximum absolute atomic E-state index is 14.5. The molecule has 4 aromatic carbocycles. The molecule has 0 spiro atoms. The maximum Gasteiger partial charge on any atom is 0.264 e. The zero-order chi connectivity index (χ0) is 33.4. The number of sulfonamides is 1. The van der Waals surface area contributed by atoms with E-state index in [-0.39, 0.29) is 39.5 Å². The van der Waals surface area contributed by atoms with E-state index >= 15 is 0 Å². The Balaban J connectivity index is 1.82. The second-order valence-electron chi connectivity index (χ2n) is 11.4. The summed E-state index contributed by atoms with van der Waals surface area (Å²) in [6, 6.07) is 24.3. The third-order valence-corrected chi connectivity index (χ3v) is 9.47. The first-order valence-electron chi connectivity index (χ1n) is 14.7. The van der Waals surface area contributed by atoms with Gasteiger partial charge in [0.15, 0.2) is 0 Å². The molecule has 0 fully saturated rings. The molecule has 2 amide bonds. The monoisotopic (exact) mass is 683 g/mol. The molecule has 4 rings (SSSR count). The Hall–Kier alpha value is -3.92.